The molecule has 2 amide bonds. The SMILES string of the molecule is COc1ccc(NC(=O)COC(=O)CC(NC(=O)c2ccccc2)c2ccccc2)cc1. The average molecular weight is 432 g/mol. The van der Waals surface area contributed by atoms with Gasteiger partial charge in [-0.1, -0.05) is 48.5 Å². The van der Waals surface area contributed by atoms with Crippen LogP contribution in [0.4, 0.5) is 5.69 Å². The van der Waals surface area contributed by atoms with Gasteiger partial charge in [0.15, 0.2) is 6.61 Å². The van der Waals surface area contributed by atoms with Crippen LogP contribution in [0.2, 0.25) is 0 Å². The molecule has 0 radical (unpaired) electrons. The van der Waals surface area contributed by atoms with E-state index in [1.165, 1.54) is 0 Å². The first kappa shape index (κ1) is 22.6. The van der Waals surface area contributed by atoms with Gasteiger partial charge in [-0.3, -0.25) is 14.4 Å². The lowest BCUT2D eigenvalue weighted by molar-refractivity contribution is -0.147. The summed E-state index contributed by atoms with van der Waals surface area (Å²) in [7, 11) is 1.55. The van der Waals surface area contributed by atoms with Crippen molar-refractivity contribution in [1.29, 1.82) is 0 Å². The van der Waals surface area contributed by atoms with Crippen molar-refractivity contribution in [3.05, 3.63) is 96.1 Å². The number of rotatable bonds is 9. The van der Waals surface area contributed by atoms with Gasteiger partial charge in [-0.05, 0) is 42.0 Å². The van der Waals surface area contributed by atoms with E-state index in [9.17, 15) is 14.4 Å². The first-order valence-electron chi connectivity index (χ1n) is 10.1. The number of amides is 2. The van der Waals surface area contributed by atoms with E-state index in [-0.39, 0.29) is 12.3 Å². The minimum Gasteiger partial charge on any atom is -0.497 e. The van der Waals surface area contributed by atoms with Gasteiger partial charge in [0.05, 0.1) is 19.6 Å². The summed E-state index contributed by atoms with van der Waals surface area (Å²) in [6, 6.07) is 24.1. The van der Waals surface area contributed by atoms with Gasteiger partial charge in [-0.15, -0.1) is 0 Å². The second-order valence-corrected chi connectivity index (χ2v) is 6.94. The molecule has 2 N–H and O–H groups in total. The van der Waals surface area contributed by atoms with Gasteiger partial charge >= 0.3 is 5.97 Å². The third-order valence-electron chi connectivity index (χ3n) is 4.65. The Morgan fingerprint density at radius 1 is 0.844 bits per heavy atom. The van der Waals surface area contributed by atoms with Crippen molar-refractivity contribution in [2.24, 2.45) is 0 Å². The molecule has 0 saturated carbocycles. The van der Waals surface area contributed by atoms with Crippen molar-refractivity contribution in [2.45, 2.75) is 12.5 Å². The first-order valence-corrected chi connectivity index (χ1v) is 10.1. The van der Waals surface area contributed by atoms with Crippen LogP contribution in [-0.4, -0.2) is 31.5 Å². The minimum atomic E-state index is -0.600. The first-order chi connectivity index (χ1) is 15.5. The summed E-state index contributed by atoms with van der Waals surface area (Å²) >= 11 is 0. The number of benzene rings is 3. The number of methoxy groups -OCH3 is 1. The number of esters is 1. The van der Waals surface area contributed by atoms with Crippen LogP contribution in [0.25, 0.3) is 0 Å². The van der Waals surface area contributed by atoms with Gasteiger partial charge in [0.1, 0.15) is 5.75 Å². The molecule has 0 fully saturated rings. The molecule has 7 nitrogen and oxygen atoms in total. The highest BCUT2D eigenvalue weighted by Crippen LogP contribution is 2.19. The van der Waals surface area contributed by atoms with Crippen molar-refractivity contribution >= 4 is 23.5 Å². The predicted molar refractivity (Wildman–Crippen MR) is 120 cm³/mol. The van der Waals surface area contributed by atoms with Gasteiger partial charge in [-0.25, -0.2) is 0 Å². The fourth-order valence-corrected chi connectivity index (χ4v) is 3.01. The zero-order chi connectivity index (χ0) is 22.8. The molecule has 0 saturated heterocycles. The number of anilines is 1. The molecule has 0 aliphatic carbocycles. The van der Waals surface area contributed by atoms with Crippen molar-refractivity contribution in [3.8, 4) is 5.75 Å². The molecule has 3 aromatic carbocycles. The molecule has 1 unspecified atom stereocenters. The maximum atomic E-state index is 12.6. The van der Waals surface area contributed by atoms with Crippen molar-refractivity contribution in [3.63, 3.8) is 0 Å². The molecule has 0 heterocycles. The molecule has 0 aliphatic heterocycles. The monoisotopic (exact) mass is 432 g/mol. The highest BCUT2D eigenvalue weighted by Gasteiger charge is 2.20. The summed E-state index contributed by atoms with van der Waals surface area (Å²) in [5.41, 5.74) is 1.81. The third kappa shape index (κ3) is 6.70. The smallest absolute Gasteiger partial charge is 0.308 e. The van der Waals surface area contributed by atoms with Crippen LogP contribution in [0, 0.1) is 0 Å². The molecule has 0 aromatic heterocycles. The van der Waals surface area contributed by atoms with Crippen LogP contribution in [-0.2, 0) is 14.3 Å². The van der Waals surface area contributed by atoms with E-state index in [1.807, 2.05) is 36.4 Å². The van der Waals surface area contributed by atoms with E-state index < -0.39 is 24.5 Å². The average Bonchev–Trinajstić information content (AvgIpc) is 2.84. The number of hydrogen-bond donors (Lipinski definition) is 2. The summed E-state index contributed by atoms with van der Waals surface area (Å²) in [4.78, 5) is 37.1. The Labute approximate surface area is 186 Å². The van der Waals surface area contributed by atoms with Gasteiger partial charge in [0.25, 0.3) is 11.8 Å². The molecule has 3 aromatic rings. The molecule has 0 aliphatic rings. The number of hydrogen-bond acceptors (Lipinski definition) is 5. The lowest BCUT2D eigenvalue weighted by atomic mass is 10.0. The third-order valence-corrected chi connectivity index (χ3v) is 4.65. The fourth-order valence-electron chi connectivity index (χ4n) is 3.01. The van der Waals surface area contributed by atoms with Crippen molar-refractivity contribution < 1.29 is 23.9 Å². The topological polar surface area (TPSA) is 93.7 Å². The molecule has 7 heteroatoms. The highest BCUT2D eigenvalue weighted by molar-refractivity contribution is 5.95. The van der Waals surface area contributed by atoms with Crippen LogP contribution in [0.1, 0.15) is 28.4 Å². The molecule has 32 heavy (non-hydrogen) atoms. The lowest BCUT2D eigenvalue weighted by Crippen LogP contribution is -2.31. The number of ether oxygens (including phenoxy) is 2. The van der Waals surface area contributed by atoms with Crippen LogP contribution in [0.3, 0.4) is 0 Å². The number of nitrogens with one attached hydrogen (secondary N) is 2. The van der Waals surface area contributed by atoms with E-state index >= 15 is 0 Å². The Kier molecular flexibility index (Phi) is 7.97. The maximum Gasteiger partial charge on any atom is 0.308 e. The quantitative estimate of drug-likeness (QED) is 0.503. The second kappa shape index (κ2) is 11.3. The highest BCUT2D eigenvalue weighted by atomic mass is 16.5. The molecule has 0 bridgehead atoms. The summed E-state index contributed by atoms with van der Waals surface area (Å²) in [6.45, 7) is -0.432. The van der Waals surface area contributed by atoms with Crippen LogP contribution < -0.4 is 15.4 Å². The Hall–Kier alpha value is -4.13. The second-order valence-electron chi connectivity index (χ2n) is 6.94. The zero-order valence-corrected chi connectivity index (χ0v) is 17.6. The summed E-state index contributed by atoms with van der Waals surface area (Å²) in [5, 5.41) is 5.51. The van der Waals surface area contributed by atoms with E-state index in [1.54, 1.807) is 55.6 Å². The van der Waals surface area contributed by atoms with E-state index in [4.69, 9.17) is 9.47 Å². The fraction of sp³-hybridized carbons (Fsp3) is 0.160. The van der Waals surface area contributed by atoms with Crippen LogP contribution in [0.5, 0.6) is 5.75 Å². The molecular weight excluding hydrogens is 408 g/mol. The predicted octanol–water partition coefficient (Wildman–Crippen LogP) is 3.74. The summed E-state index contributed by atoms with van der Waals surface area (Å²) in [6.07, 6.45) is -0.113. The van der Waals surface area contributed by atoms with Gasteiger partial charge in [0, 0.05) is 11.3 Å². The van der Waals surface area contributed by atoms with Gasteiger partial charge in [-0.2, -0.15) is 0 Å². The normalized spacial score (nSPS) is 11.2. The van der Waals surface area contributed by atoms with E-state index in [2.05, 4.69) is 10.6 Å². The Bertz CT molecular complexity index is 1040. The standard InChI is InChI=1S/C25H24N2O5/c1-31-21-14-12-20(13-15-21)26-23(28)17-32-24(29)16-22(18-8-4-2-5-9-18)27-25(30)19-10-6-3-7-11-19/h2-15,22H,16-17H2,1H3,(H,26,28)(H,27,30). The van der Waals surface area contributed by atoms with Gasteiger partial charge < -0.3 is 20.1 Å². The Morgan fingerprint density at radius 3 is 2.09 bits per heavy atom. The molecule has 164 valence electrons. The Balaban J connectivity index is 1.57. The van der Waals surface area contributed by atoms with Crippen molar-refractivity contribution in [2.75, 3.05) is 19.0 Å². The molecule has 1 atom stereocenters. The minimum absolute atomic E-state index is 0.113. The maximum absolute atomic E-state index is 12.6. The van der Waals surface area contributed by atoms with Crippen LogP contribution >= 0.6 is 0 Å². The molecule has 3 rings (SSSR count). The number of carbonyl (C=O) groups excluding carboxylic acids is 3. The van der Waals surface area contributed by atoms with Crippen molar-refractivity contribution in [1.82, 2.24) is 5.32 Å². The lowest BCUT2D eigenvalue weighted by Gasteiger charge is -2.19. The largest absolute Gasteiger partial charge is 0.497 e. The van der Waals surface area contributed by atoms with E-state index in [0.717, 1.165) is 5.56 Å². The van der Waals surface area contributed by atoms with E-state index in [0.29, 0.717) is 17.0 Å². The number of carbonyl (C=O) groups is 3. The Morgan fingerprint density at radius 2 is 1.47 bits per heavy atom. The summed E-state index contributed by atoms with van der Waals surface area (Å²) < 4.78 is 10.2. The summed E-state index contributed by atoms with van der Waals surface area (Å²) in [5.74, 6) is -0.700. The van der Waals surface area contributed by atoms with Gasteiger partial charge in [0.2, 0.25) is 0 Å². The zero-order valence-electron chi connectivity index (χ0n) is 17.6. The van der Waals surface area contributed by atoms with Crippen LogP contribution in [0.15, 0.2) is 84.9 Å². The molecular formula is C25H24N2O5. The molecule has 0 spiro atoms.